The molecule has 0 aliphatic carbocycles. The van der Waals surface area contributed by atoms with Crippen LogP contribution < -0.4 is 4.90 Å². The van der Waals surface area contributed by atoms with E-state index in [1.165, 1.54) is 0 Å². The number of hydrogen-bond acceptors (Lipinski definition) is 5. The van der Waals surface area contributed by atoms with Gasteiger partial charge in [0.05, 0.1) is 50.9 Å². The fourth-order valence-electron chi connectivity index (χ4n) is 4.97. The number of halogens is 1. The Morgan fingerprint density at radius 3 is 2.66 bits per heavy atom. The van der Waals surface area contributed by atoms with E-state index < -0.39 is 10.8 Å². The first-order valence-electron chi connectivity index (χ1n) is 12.5. The molecule has 196 valence electrons. The molecule has 38 heavy (non-hydrogen) atoms. The third-order valence-corrected chi connectivity index (χ3v) is 8.55. The van der Waals surface area contributed by atoms with Crippen LogP contribution in [-0.2, 0) is 26.9 Å². The number of nitrogens with zero attached hydrogens (tertiary/aromatic N) is 2. The normalized spacial score (nSPS) is 18.8. The van der Waals surface area contributed by atoms with Gasteiger partial charge in [0.2, 0.25) is 0 Å². The van der Waals surface area contributed by atoms with Crippen LogP contribution in [0.4, 0.5) is 5.69 Å². The monoisotopic (exact) mass is 550 g/mol. The molecule has 2 aliphatic heterocycles. The van der Waals surface area contributed by atoms with E-state index in [-0.39, 0.29) is 36.8 Å². The van der Waals surface area contributed by atoms with Crippen molar-refractivity contribution in [2.75, 3.05) is 24.6 Å². The number of amides is 2. The topological polar surface area (TPSA) is 84.0 Å². The average Bonchev–Trinajstić information content (AvgIpc) is 3.02. The molecule has 2 aliphatic rings. The summed E-state index contributed by atoms with van der Waals surface area (Å²) in [6.07, 6.45) is 1.37. The lowest BCUT2D eigenvalue weighted by atomic mass is 9.97. The Morgan fingerprint density at radius 2 is 1.87 bits per heavy atom. The molecule has 0 bridgehead atoms. The minimum atomic E-state index is -1.63. The zero-order valence-electron chi connectivity index (χ0n) is 20.9. The Balaban J connectivity index is 1.54. The highest BCUT2D eigenvalue weighted by molar-refractivity contribution is 7.85. The number of benzene rings is 3. The van der Waals surface area contributed by atoms with Gasteiger partial charge >= 0.3 is 5.97 Å². The minimum Gasteiger partial charge on any atom is -0.466 e. The highest BCUT2D eigenvalue weighted by Gasteiger charge is 2.33. The number of carbonyl (C=O) groups excluding carboxylic acids is 3. The van der Waals surface area contributed by atoms with Gasteiger partial charge in [0, 0.05) is 23.7 Å². The maximum atomic E-state index is 13.8. The van der Waals surface area contributed by atoms with Crippen molar-refractivity contribution in [3.8, 4) is 0 Å². The van der Waals surface area contributed by atoms with Crippen molar-refractivity contribution in [1.29, 1.82) is 0 Å². The first-order valence-corrected chi connectivity index (χ1v) is 14.1. The van der Waals surface area contributed by atoms with Gasteiger partial charge in [0.15, 0.2) is 0 Å². The van der Waals surface area contributed by atoms with Gasteiger partial charge in [-0.1, -0.05) is 35.9 Å². The molecule has 0 unspecified atom stereocenters. The van der Waals surface area contributed by atoms with E-state index in [2.05, 4.69) is 0 Å². The number of likely N-dealkylation sites (tertiary alicyclic amines) is 1. The molecule has 0 spiro atoms. The second kappa shape index (κ2) is 11.1. The highest BCUT2D eigenvalue weighted by Crippen LogP contribution is 2.36. The van der Waals surface area contributed by atoms with E-state index in [1.54, 1.807) is 71.3 Å². The van der Waals surface area contributed by atoms with E-state index in [4.69, 9.17) is 16.3 Å². The number of rotatable bonds is 5. The summed E-state index contributed by atoms with van der Waals surface area (Å²) in [5, 5.41) is 0.541. The highest BCUT2D eigenvalue weighted by atomic mass is 35.5. The molecule has 3 aromatic rings. The Morgan fingerprint density at radius 1 is 1.05 bits per heavy atom. The van der Waals surface area contributed by atoms with Crippen molar-refractivity contribution in [2.24, 2.45) is 5.92 Å². The summed E-state index contributed by atoms with van der Waals surface area (Å²) in [6.45, 7) is 3.04. The fraction of sp³-hybridized carbons (Fsp3) is 0.276. The lowest BCUT2D eigenvalue weighted by molar-refractivity contribution is -0.149. The predicted octanol–water partition coefficient (Wildman–Crippen LogP) is 5.08. The van der Waals surface area contributed by atoms with Crippen molar-refractivity contribution in [1.82, 2.24) is 4.90 Å². The average molecular weight is 551 g/mol. The maximum Gasteiger partial charge on any atom is 0.310 e. The van der Waals surface area contributed by atoms with Gasteiger partial charge in [-0.2, -0.15) is 0 Å². The summed E-state index contributed by atoms with van der Waals surface area (Å²) in [4.78, 5) is 43.8. The van der Waals surface area contributed by atoms with Gasteiger partial charge in [-0.15, -0.1) is 0 Å². The van der Waals surface area contributed by atoms with Gasteiger partial charge in [-0.3, -0.25) is 14.4 Å². The van der Waals surface area contributed by atoms with Crippen molar-refractivity contribution in [3.05, 3.63) is 88.4 Å². The molecule has 1 fully saturated rings. The second-order valence-corrected chi connectivity index (χ2v) is 11.2. The lowest BCUT2D eigenvalue weighted by Crippen LogP contribution is -2.43. The van der Waals surface area contributed by atoms with Crippen LogP contribution in [0.3, 0.4) is 0 Å². The Kier molecular flexibility index (Phi) is 7.63. The number of fused-ring (bicyclic) bond motifs is 2. The molecule has 2 heterocycles. The van der Waals surface area contributed by atoms with Crippen molar-refractivity contribution in [3.63, 3.8) is 0 Å². The number of anilines is 1. The van der Waals surface area contributed by atoms with E-state index in [0.717, 1.165) is 5.56 Å². The molecule has 0 saturated carbocycles. The molecule has 2 atom stereocenters. The summed E-state index contributed by atoms with van der Waals surface area (Å²) in [6, 6.07) is 19.0. The maximum absolute atomic E-state index is 13.8. The number of ether oxygens (including phenoxy) is 1. The van der Waals surface area contributed by atoms with Crippen LogP contribution in [0, 0.1) is 5.92 Å². The van der Waals surface area contributed by atoms with Gasteiger partial charge in [0.1, 0.15) is 0 Å². The molecule has 5 rings (SSSR count). The molecule has 0 aromatic heterocycles. The van der Waals surface area contributed by atoms with Gasteiger partial charge < -0.3 is 14.5 Å². The van der Waals surface area contributed by atoms with Gasteiger partial charge in [-0.05, 0) is 67.8 Å². The lowest BCUT2D eigenvalue weighted by Gasteiger charge is -2.32. The molecule has 1 saturated heterocycles. The number of hydrogen-bond donors (Lipinski definition) is 0. The molecular formula is C29H27ClN2O5S. The summed E-state index contributed by atoms with van der Waals surface area (Å²) in [7, 11) is -1.63. The first kappa shape index (κ1) is 26.1. The van der Waals surface area contributed by atoms with Crippen molar-refractivity contribution >= 4 is 45.9 Å². The minimum absolute atomic E-state index is 0.185. The smallest absolute Gasteiger partial charge is 0.310 e. The summed E-state index contributed by atoms with van der Waals surface area (Å²) < 4.78 is 18.8. The molecule has 0 radical (unpaired) electrons. The van der Waals surface area contributed by atoms with Crippen LogP contribution in [0.1, 0.15) is 46.0 Å². The molecule has 3 aromatic carbocycles. The van der Waals surface area contributed by atoms with E-state index >= 15 is 0 Å². The number of piperidine rings is 1. The van der Waals surface area contributed by atoms with Crippen molar-refractivity contribution in [2.45, 2.75) is 36.1 Å². The fourth-order valence-corrected chi connectivity index (χ4v) is 6.53. The van der Waals surface area contributed by atoms with Crippen LogP contribution in [0.5, 0.6) is 0 Å². The zero-order chi connectivity index (χ0) is 26.8. The van der Waals surface area contributed by atoms with Crippen LogP contribution in [0.2, 0.25) is 5.02 Å². The molecule has 2 amide bonds. The third-order valence-electron chi connectivity index (χ3n) is 6.82. The van der Waals surface area contributed by atoms with E-state index in [1.807, 2.05) is 12.1 Å². The molecule has 9 heteroatoms. The van der Waals surface area contributed by atoms with E-state index in [9.17, 15) is 18.6 Å². The van der Waals surface area contributed by atoms with Crippen LogP contribution in [-0.4, -0.2) is 46.6 Å². The van der Waals surface area contributed by atoms with Crippen LogP contribution >= 0.6 is 11.6 Å². The number of esters is 1. The molecule has 0 N–H and O–H groups in total. The summed E-state index contributed by atoms with van der Waals surface area (Å²) in [5.74, 6) is -1.21. The van der Waals surface area contributed by atoms with Gasteiger partial charge in [-0.25, -0.2) is 4.21 Å². The third kappa shape index (κ3) is 5.11. The van der Waals surface area contributed by atoms with E-state index in [0.29, 0.717) is 57.6 Å². The molecular weight excluding hydrogens is 524 g/mol. The SMILES string of the molecule is CCOC(=O)[C@H]1CCCN(C(=O)c2ccc3c(c2)N(Cc2cccc(Cl)c2)C(=O)c2ccccc2[S@@]3=O)C1. The first-order chi connectivity index (χ1) is 18.4. The predicted molar refractivity (Wildman–Crippen MR) is 145 cm³/mol. The zero-order valence-corrected chi connectivity index (χ0v) is 22.5. The largest absolute Gasteiger partial charge is 0.466 e. The quantitative estimate of drug-likeness (QED) is 0.414. The van der Waals surface area contributed by atoms with Crippen LogP contribution in [0.15, 0.2) is 76.5 Å². The Hall–Kier alpha value is -3.49. The standard InChI is InChI=1S/C29H27ClN2O5S/c1-2-37-29(35)21-8-6-14-31(18-21)27(33)20-12-13-26-24(16-20)32(17-19-7-5-9-22(30)15-19)28(34)23-10-3-4-11-25(23)38(26)36/h3-5,7,9-13,15-16,21H,2,6,8,14,17-18H2,1H3/t21-,38-/m0/s1. The second-order valence-electron chi connectivity index (χ2n) is 9.31. The Labute approximate surface area is 228 Å². The summed E-state index contributed by atoms with van der Waals surface area (Å²) in [5.41, 5.74) is 1.92. The Bertz CT molecular complexity index is 1440. The molecule has 7 nitrogen and oxygen atoms in total. The summed E-state index contributed by atoms with van der Waals surface area (Å²) >= 11 is 6.21. The number of carbonyl (C=O) groups is 3. The van der Waals surface area contributed by atoms with Crippen LogP contribution in [0.25, 0.3) is 0 Å². The van der Waals surface area contributed by atoms with Gasteiger partial charge in [0.25, 0.3) is 11.8 Å². The van der Waals surface area contributed by atoms with Crippen molar-refractivity contribution < 1.29 is 23.3 Å².